The number of anilines is 1. The van der Waals surface area contributed by atoms with Crippen LogP contribution in [0.3, 0.4) is 0 Å². The van der Waals surface area contributed by atoms with E-state index in [1.165, 1.54) is 12.1 Å². The first-order valence-corrected chi connectivity index (χ1v) is 6.82. The van der Waals surface area contributed by atoms with Crippen molar-refractivity contribution in [2.24, 2.45) is 0 Å². The van der Waals surface area contributed by atoms with E-state index in [-0.39, 0.29) is 5.82 Å². The fraction of sp³-hybridized carbons (Fsp3) is 0.214. The summed E-state index contributed by atoms with van der Waals surface area (Å²) in [6.07, 6.45) is 3.71. The second kappa shape index (κ2) is 6.40. The van der Waals surface area contributed by atoms with Gasteiger partial charge in [0.2, 0.25) is 0 Å². The summed E-state index contributed by atoms with van der Waals surface area (Å²) in [6.45, 7) is 0. The SMILES string of the molecule is Nc1cccnc1SCCCc1ccc(F)cc1. The van der Waals surface area contributed by atoms with Crippen LogP contribution in [0.4, 0.5) is 10.1 Å². The van der Waals surface area contributed by atoms with E-state index >= 15 is 0 Å². The predicted octanol–water partition coefficient (Wildman–Crippen LogP) is 3.53. The summed E-state index contributed by atoms with van der Waals surface area (Å²) in [7, 11) is 0. The zero-order valence-electron chi connectivity index (χ0n) is 9.97. The number of hydrogen-bond acceptors (Lipinski definition) is 3. The number of nitrogens with two attached hydrogens (primary N) is 1. The Kier molecular flexibility index (Phi) is 4.59. The van der Waals surface area contributed by atoms with E-state index in [0.717, 1.165) is 34.9 Å². The van der Waals surface area contributed by atoms with E-state index in [1.807, 2.05) is 24.3 Å². The molecular formula is C14H15FN2S. The Morgan fingerprint density at radius 2 is 1.94 bits per heavy atom. The highest BCUT2D eigenvalue weighted by Gasteiger charge is 2.00. The van der Waals surface area contributed by atoms with E-state index in [0.29, 0.717) is 0 Å². The molecule has 0 aliphatic carbocycles. The van der Waals surface area contributed by atoms with Crippen LogP contribution in [0.25, 0.3) is 0 Å². The first-order valence-electron chi connectivity index (χ1n) is 5.83. The zero-order chi connectivity index (χ0) is 12.8. The summed E-state index contributed by atoms with van der Waals surface area (Å²) in [4.78, 5) is 4.22. The van der Waals surface area contributed by atoms with Crippen molar-refractivity contribution in [3.8, 4) is 0 Å². The molecular weight excluding hydrogens is 247 g/mol. The second-order valence-corrected chi connectivity index (χ2v) is 5.06. The van der Waals surface area contributed by atoms with Gasteiger partial charge in [0.1, 0.15) is 10.8 Å². The minimum absolute atomic E-state index is 0.186. The van der Waals surface area contributed by atoms with Gasteiger partial charge in [-0.15, -0.1) is 11.8 Å². The molecule has 0 radical (unpaired) electrons. The third kappa shape index (κ3) is 3.74. The molecule has 18 heavy (non-hydrogen) atoms. The number of aryl methyl sites for hydroxylation is 1. The topological polar surface area (TPSA) is 38.9 Å². The molecule has 0 aliphatic heterocycles. The van der Waals surface area contributed by atoms with Gasteiger partial charge >= 0.3 is 0 Å². The van der Waals surface area contributed by atoms with Gasteiger partial charge in [0.25, 0.3) is 0 Å². The third-order valence-corrected chi connectivity index (χ3v) is 3.67. The van der Waals surface area contributed by atoms with Crippen LogP contribution in [-0.2, 0) is 6.42 Å². The van der Waals surface area contributed by atoms with E-state index in [2.05, 4.69) is 4.98 Å². The lowest BCUT2D eigenvalue weighted by Crippen LogP contribution is -1.93. The lowest BCUT2D eigenvalue weighted by atomic mass is 10.1. The smallest absolute Gasteiger partial charge is 0.123 e. The molecule has 0 amide bonds. The number of aromatic nitrogens is 1. The maximum Gasteiger partial charge on any atom is 0.123 e. The maximum atomic E-state index is 12.7. The molecule has 1 aromatic heterocycles. The molecule has 0 unspecified atom stereocenters. The number of nitrogens with zero attached hydrogens (tertiary/aromatic N) is 1. The van der Waals surface area contributed by atoms with Crippen molar-refractivity contribution in [1.29, 1.82) is 0 Å². The van der Waals surface area contributed by atoms with Gasteiger partial charge in [0.15, 0.2) is 0 Å². The maximum absolute atomic E-state index is 12.7. The van der Waals surface area contributed by atoms with Crippen molar-refractivity contribution >= 4 is 17.4 Å². The van der Waals surface area contributed by atoms with Crippen LogP contribution in [0.15, 0.2) is 47.6 Å². The third-order valence-electron chi connectivity index (χ3n) is 2.56. The molecule has 0 aliphatic rings. The highest BCUT2D eigenvalue weighted by atomic mass is 32.2. The Morgan fingerprint density at radius 3 is 2.67 bits per heavy atom. The molecule has 0 saturated heterocycles. The monoisotopic (exact) mass is 262 g/mol. The van der Waals surface area contributed by atoms with Gasteiger partial charge in [-0.3, -0.25) is 0 Å². The number of nitrogen functional groups attached to an aromatic ring is 1. The van der Waals surface area contributed by atoms with Gasteiger partial charge in [0, 0.05) is 6.20 Å². The largest absolute Gasteiger partial charge is 0.397 e. The minimum atomic E-state index is -0.186. The number of benzene rings is 1. The van der Waals surface area contributed by atoms with Crippen molar-refractivity contribution < 1.29 is 4.39 Å². The van der Waals surface area contributed by atoms with E-state index in [9.17, 15) is 4.39 Å². The van der Waals surface area contributed by atoms with Crippen molar-refractivity contribution in [1.82, 2.24) is 4.98 Å². The molecule has 2 nitrogen and oxygen atoms in total. The Hall–Kier alpha value is -1.55. The lowest BCUT2D eigenvalue weighted by Gasteiger charge is -2.04. The Bertz CT molecular complexity index is 499. The minimum Gasteiger partial charge on any atom is -0.397 e. The summed E-state index contributed by atoms with van der Waals surface area (Å²) in [5.74, 6) is 0.771. The molecule has 2 aromatic rings. The molecule has 1 aromatic carbocycles. The Balaban J connectivity index is 1.76. The van der Waals surface area contributed by atoms with Crippen molar-refractivity contribution in [3.63, 3.8) is 0 Å². The molecule has 1 heterocycles. The molecule has 0 fully saturated rings. The summed E-state index contributed by atoms with van der Waals surface area (Å²) in [5, 5.41) is 0.886. The number of thioether (sulfide) groups is 1. The standard InChI is InChI=1S/C14H15FN2S/c15-12-7-5-11(6-8-12)3-2-10-18-14-13(16)4-1-9-17-14/h1,4-9H,2-3,10,16H2. The van der Waals surface area contributed by atoms with Crippen molar-refractivity contribution in [2.45, 2.75) is 17.9 Å². The van der Waals surface area contributed by atoms with E-state index in [4.69, 9.17) is 5.73 Å². The number of rotatable bonds is 5. The van der Waals surface area contributed by atoms with Crippen LogP contribution in [0, 0.1) is 5.82 Å². The Labute approximate surface area is 110 Å². The van der Waals surface area contributed by atoms with Crippen LogP contribution >= 0.6 is 11.8 Å². The first-order chi connectivity index (χ1) is 8.75. The first kappa shape index (κ1) is 12.9. The van der Waals surface area contributed by atoms with Crippen LogP contribution in [0.5, 0.6) is 0 Å². The van der Waals surface area contributed by atoms with Gasteiger partial charge in [-0.1, -0.05) is 12.1 Å². The van der Waals surface area contributed by atoms with Gasteiger partial charge < -0.3 is 5.73 Å². The van der Waals surface area contributed by atoms with Crippen molar-refractivity contribution in [3.05, 3.63) is 54.0 Å². The molecule has 0 saturated carbocycles. The van der Waals surface area contributed by atoms with Crippen LogP contribution in [0.1, 0.15) is 12.0 Å². The summed E-state index contributed by atoms with van der Waals surface area (Å²) in [5.41, 5.74) is 7.69. The van der Waals surface area contributed by atoms with Gasteiger partial charge in [-0.05, 0) is 48.4 Å². The van der Waals surface area contributed by atoms with Gasteiger partial charge in [-0.25, -0.2) is 9.37 Å². The van der Waals surface area contributed by atoms with Gasteiger partial charge in [-0.2, -0.15) is 0 Å². The van der Waals surface area contributed by atoms with Crippen LogP contribution in [-0.4, -0.2) is 10.7 Å². The number of pyridine rings is 1. The summed E-state index contributed by atoms with van der Waals surface area (Å²) >= 11 is 1.66. The molecule has 0 bridgehead atoms. The fourth-order valence-electron chi connectivity index (χ4n) is 1.62. The van der Waals surface area contributed by atoms with Crippen LogP contribution < -0.4 is 5.73 Å². The highest BCUT2D eigenvalue weighted by molar-refractivity contribution is 7.99. The molecule has 2 N–H and O–H groups in total. The molecule has 0 spiro atoms. The zero-order valence-corrected chi connectivity index (χ0v) is 10.8. The van der Waals surface area contributed by atoms with Crippen LogP contribution in [0.2, 0.25) is 0 Å². The quantitative estimate of drug-likeness (QED) is 0.662. The molecule has 94 valence electrons. The predicted molar refractivity (Wildman–Crippen MR) is 74.1 cm³/mol. The molecule has 2 rings (SSSR count). The summed E-state index contributed by atoms with van der Waals surface area (Å²) in [6, 6.07) is 10.3. The number of hydrogen-bond donors (Lipinski definition) is 1. The summed E-state index contributed by atoms with van der Waals surface area (Å²) < 4.78 is 12.7. The normalized spacial score (nSPS) is 10.5. The Morgan fingerprint density at radius 1 is 1.17 bits per heavy atom. The fourth-order valence-corrected chi connectivity index (χ4v) is 2.47. The highest BCUT2D eigenvalue weighted by Crippen LogP contribution is 2.22. The average molecular weight is 262 g/mol. The van der Waals surface area contributed by atoms with Crippen molar-refractivity contribution in [2.75, 3.05) is 11.5 Å². The van der Waals surface area contributed by atoms with Gasteiger partial charge in [0.05, 0.1) is 5.69 Å². The number of halogens is 1. The second-order valence-electron chi connectivity index (χ2n) is 3.98. The molecule has 4 heteroatoms. The lowest BCUT2D eigenvalue weighted by molar-refractivity contribution is 0.627. The average Bonchev–Trinajstić information content (AvgIpc) is 2.39. The van der Waals surface area contributed by atoms with E-state index < -0.39 is 0 Å². The van der Waals surface area contributed by atoms with E-state index in [1.54, 1.807) is 18.0 Å². The molecule has 0 atom stereocenters.